The number of unbranched alkanes of at least 4 members (excludes halogenated alkanes) is 1. The van der Waals surface area contributed by atoms with Crippen molar-refractivity contribution in [1.82, 2.24) is 0 Å². The summed E-state index contributed by atoms with van der Waals surface area (Å²) in [6.07, 6.45) is 6.98. The number of rotatable bonds is 7. The van der Waals surface area contributed by atoms with E-state index in [-0.39, 0.29) is 0 Å². The van der Waals surface area contributed by atoms with E-state index >= 15 is 0 Å². The molecule has 0 N–H and O–H groups in total. The fourth-order valence-electron chi connectivity index (χ4n) is 3.98. The summed E-state index contributed by atoms with van der Waals surface area (Å²) >= 11 is 0. The Kier molecular flexibility index (Phi) is 6.90. The van der Waals surface area contributed by atoms with Gasteiger partial charge in [0, 0.05) is 0 Å². The molecular formula is C17H39P. The van der Waals surface area contributed by atoms with E-state index in [1.807, 2.05) is 0 Å². The Labute approximate surface area is 118 Å². The van der Waals surface area contributed by atoms with Crippen LogP contribution < -0.4 is 0 Å². The third-order valence-corrected chi connectivity index (χ3v) is 9.56. The standard InChI is InChI=1S/C17H39P/c1-10-12-13-15(17(6,7)11-2)18(8,9)14-16(3,4)5/h15,18H,10-14H2,1-9H3/t15-/m1/s1. The minimum atomic E-state index is -1.16. The predicted octanol–water partition coefficient (Wildman–Crippen LogP) is 6.04. The van der Waals surface area contributed by atoms with Gasteiger partial charge in [0.15, 0.2) is 0 Å². The van der Waals surface area contributed by atoms with E-state index in [0.717, 1.165) is 5.66 Å². The van der Waals surface area contributed by atoms with Gasteiger partial charge in [-0.15, -0.1) is 0 Å². The van der Waals surface area contributed by atoms with E-state index in [4.69, 9.17) is 0 Å². The molecule has 0 aliphatic carbocycles. The molecule has 0 aromatic heterocycles. The van der Waals surface area contributed by atoms with E-state index in [1.165, 1.54) is 31.8 Å². The summed E-state index contributed by atoms with van der Waals surface area (Å²) in [7, 11) is -1.16. The molecule has 0 aliphatic rings. The quantitative estimate of drug-likeness (QED) is 0.497. The van der Waals surface area contributed by atoms with E-state index in [0.29, 0.717) is 10.8 Å². The molecular weight excluding hydrogens is 235 g/mol. The Morgan fingerprint density at radius 3 is 1.78 bits per heavy atom. The van der Waals surface area contributed by atoms with Crippen LogP contribution in [0.5, 0.6) is 0 Å². The van der Waals surface area contributed by atoms with Crippen molar-refractivity contribution in [1.29, 1.82) is 0 Å². The molecule has 1 heteroatoms. The van der Waals surface area contributed by atoms with Gasteiger partial charge in [-0.2, -0.15) is 0 Å². The monoisotopic (exact) mass is 274 g/mol. The first kappa shape index (κ1) is 18.4. The predicted molar refractivity (Wildman–Crippen MR) is 91.9 cm³/mol. The number of hydrogen-bond acceptors (Lipinski definition) is 0. The van der Waals surface area contributed by atoms with Crippen LogP contribution in [0.25, 0.3) is 0 Å². The molecule has 0 bridgehead atoms. The van der Waals surface area contributed by atoms with Gasteiger partial charge in [-0.05, 0) is 0 Å². The summed E-state index contributed by atoms with van der Waals surface area (Å²) in [5.74, 6) is 0. The first-order valence-corrected chi connectivity index (χ1v) is 11.2. The van der Waals surface area contributed by atoms with E-state index in [1.54, 1.807) is 0 Å². The molecule has 0 saturated carbocycles. The summed E-state index contributed by atoms with van der Waals surface area (Å²) in [5.41, 5.74) is 1.98. The average molecular weight is 274 g/mol. The Morgan fingerprint density at radius 1 is 0.944 bits per heavy atom. The molecule has 0 aromatic rings. The van der Waals surface area contributed by atoms with Crippen molar-refractivity contribution in [3.63, 3.8) is 0 Å². The summed E-state index contributed by atoms with van der Waals surface area (Å²) in [6.45, 7) is 22.2. The molecule has 112 valence electrons. The summed E-state index contributed by atoms with van der Waals surface area (Å²) < 4.78 is 0. The summed E-state index contributed by atoms with van der Waals surface area (Å²) in [6, 6.07) is 0. The maximum absolute atomic E-state index is 2.63. The molecule has 1 atom stereocenters. The molecule has 0 fully saturated rings. The molecule has 0 aliphatic heterocycles. The molecule has 0 amide bonds. The van der Waals surface area contributed by atoms with Crippen molar-refractivity contribution in [2.24, 2.45) is 10.8 Å². The van der Waals surface area contributed by atoms with Crippen LogP contribution >= 0.6 is 7.26 Å². The summed E-state index contributed by atoms with van der Waals surface area (Å²) in [4.78, 5) is 0. The Bertz CT molecular complexity index is 232. The molecule has 0 radical (unpaired) electrons. The van der Waals surface area contributed by atoms with Gasteiger partial charge < -0.3 is 0 Å². The summed E-state index contributed by atoms with van der Waals surface area (Å²) in [5, 5.41) is 0. The van der Waals surface area contributed by atoms with Crippen LogP contribution in [0, 0.1) is 10.8 Å². The van der Waals surface area contributed by atoms with Gasteiger partial charge >= 0.3 is 117 Å². The van der Waals surface area contributed by atoms with Crippen molar-refractivity contribution in [2.75, 3.05) is 19.5 Å². The van der Waals surface area contributed by atoms with Gasteiger partial charge in [0.1, 0.15) is 0 Å². The van der Waals surface area contributed by atoms with Crippen LogP contribution in [0.1, 0.15) is 74.1 Å². The van der Waals surface area contributed by atoms with Crippen molar-refractivity contribution in [3.8, 4) is 0 Å². The first-order chi connectivity index (χ1) is 7.96. The van der Waals surface area contributed by atoms with Crippen LogP contribution in [-0.2, 0) is 0 Å². The average Bonchev–Trinajstić information content (AvgIpc) is 2.13. The molecule has 0 spiro atoms. The van der Waals surface area contributed by atoms with Crippen molar-refractivity contribution < 1.29 is 0 Å². The molecule has 0 unspecified atom stereocenters. The SMILES string of the molecule is CCCC[C@H](C(C)(C)CC)[PH](C)(C)CC(C)(C)C. The topological polar surface area (TPSA) is 0 Å². The van der Waals surface area contributed by atoms with E-state index < -0.39 is 7.26 Å². The van der Waals surface area contributed by atoms with Crippen LogP contribution in [0.2, 0.25) is 0 Å². The fourth-order valence-corrected chi connectivity index (χ4v) is 10.3. The molecule has 0 heterocycles. The molecule has 0 nitrogen and oxygen atoms in total. The van der Waals surface area contributed by atoms with Gasteiger partial charge in [-0.1, -0.05) is 0 Å². The Morgan fingerprint density at radius 2 is 1.44 bits per heavy atom. The normalized spacial score (nSPS) is 16.7. The third kappa shape index (κ3) is 6.05. The third-order valence-electron chi connectivity index (χ3n) is 4.63. The fraction of sp³-hybridized carbons (Fsp3) is 1.00. The second-order valence-electron chi connectivity index (χ2n) is 8.76. The number of hydrogen-bond donors (Lipinski definition) is 0. The van der Waals surface area contributed by atoms with Gasteiger partial charge in [-0.25, -0.2) is 0 Å². The minimum absolute atomic E-state index is 0.490. The zero-order valence-corrected chi connectivity index (χ0v) is 15.6. The molecule has 0 aromatic carbocycles. The van der Waals surface area contributed by atoms with Crippen molar-refractivity contribution in [2.45, 2.75) is 79.8 Å². The maximum atomic E-state index is 2.63. The van der Waals surface area contributed by atoms with Gasteiger partial charge in [-0.3, -0.25) is 0 Å². The van der Waals surface area contributed by atoms with E-state index in [9.17, 15) is 0 Å². The molecule has 0 saturated heterocycles. The Hall–Kier alpha value is 0.430. The van der Waals surface area contributed by atoms with Crippen molar-refractivity contribution >= 4 is 7.26 Å². The van der Waals surface area contributed by atoms with Crippen LogP contribution in [0.3, 0.4) is 0 Å². The van der Waals surface area contributed by atoms with E-state index in [2.05, 4.69) is 61.8 Å². The van der Waals surface area contributed by atoms with Crippen LogP contribution in [0.15, 0.2) is 0 Å². The first-order valence-electron chi connectivity index (χ1n) is 7.96. The second kappa shape index (κ2) is 6.74. The zero-order chi connectivity index (χ0) is 14.6. The van der Waals surface area contributed by atoms with Gasteiger partial charge in [0.2, 0.25) is 0 Å². The van der Waals surface area contributed by atoms with Crippen LogP contribution in [0.4, 0.5) is 0 Å². The van der Waals surface area contributed by atoms with Crippen LogP contribution in [-0.4, -0.2) is 25.2 Å². The zero-order valence-electron chi connectivity index (χ0n) is 14.6. The Balaban J connectivity index is 5.04. The molecule has 18 heavy (non-hydrogen) atoms. The van der Waals surface area contributed by atoms with Crippen molar-refractivity contribution in [3.05, 3.63) is 0 Å². The van der Waals surface area contributed by atoms with Gasteiger partial charge in [0.05, 0.1) is 0 Å². The molecule has 0 rings (SSSR count). The van der Waals surface area contributed by atoms with Gasteiger partial charge in [0.25, 0.3) is 0 Å². The second-order valence-corrected chi connectivity index (χ2v) is 13.8.